The van der Waals surface area contributed by atoms with Crippen molar-refractivity contribution in [3.05, 3.63) is 23.0 Å². The summed E-state index contributed by atoms with van der Waals surface area (Å²) in [5, 5.41) is 11.2. The Bertz CT molecular complexity index is 250. The van der Waals surface area contributed by atoms with Crippen LogP contribution in [0.4, 0.5) is 0 Å². The Hall–Kier alpha value is -1.10. The highest BCUT2D eigenvalue weighted by Crippen LogP contribution is 2.34. The van der Waals surface area contributed by atoms with Crippen molar-refractivity contribution < 1.29 is 9.66 Å². The van der Waals surface area contributed by atoms with Gasteiger partial charge in [0.15, 0.2) is 0 Å². The van der Waals surface area contributed by atoms with E-state index in [1.165, 1.54) is 6.26 Å². The lowest BCUT2D eigenvalue weighted by molar-refractivity contribution is -0.576. The predicted octanol–water partition coefficient (Wildman–Crippen LogP) is 1.84. The van der Waals surface area contributed by atoms with Crippen LogP contribution < -0.4 is 5.73 Å². The van der Waals surface area contributed by atoms with Crippen LogP contribution in [-0.4, -0.2) is 23.1 Å². The highest BCUT2D eigenvalue weighted by Gasteiger charge is 2.44. The van der Waals surface area contributed by atoms with Crippen molar-refractivity contribution in [2.24, 2.45) is 5.73 Å². The van der Waals surface area contributed by atoms with Gasteiger partial charge in [-0.15, -0.1) is 0 Å². The first kappa shape index (κ1) is 13.0. The highest BCUT2D eigenvalue weighted by molar-refractivity contribution is 4.87. The largest absolute Gasteiger partial charge is 0.500 e. The van der Waals surface area contributed by atoms with Crippen LogP contribution >= 0.6 is 0 Å². The molecule has 1 atom stereocenters. The van der Waals surface area contributed by atoms with Crippen LogP contribution in [-0.2, 0) is 4.74 Å². The van der Waals surface area contributed by atoms with E-state index in [1.54, 1.807) is 0 Å². The fraction of sp³-hybridized carbons (Fsp3) is 0.818. The smallest absolute Gasteiger partial charge is 0.223 e. The van der Waals surface area contributed by atoms with E-state index < -0.39 is 5.54 Å². The number of nitrogens with two attached hydrogens (primary N) is 1. The summed E-state index contributed by atoms with van der Waals surface area (Å²) in [4.78, 5) is 11.0. The Kier molecular flexibility index (Phi) is 4.73. The summed E-state index contributed by atoms with van der Waals surface area (Å²) in [6.07, 6.45) is 5.94. The SMILES string of the molecule is C=COCC(N)CC1([N+](=O)[O-])CCCCC1. The zero-order valence-electron chi connectivity index (χ0n) is 9.56. The van der Waals surface area contributed by atoms with E-state index in [1.807, 2.05) is 0 Å². The normalized spacial score (nSPS) is 21.1. The number of hydrogen-bond donors (Lipinski definition) is 1. The lowest BCUT2D eigenvalue weighted by Gasteiger charge is -2.30. The molecular weight excluding hydrogens is 208 g/mol. The Morgan fingerprint density at radius 1 is 1.50 bits per heavy atom. The van der Waals surface area contributed by atoms with Gasteiger partial charge in [-0.25, -0.2) is 0 Å². The van der Waals surface area contributed by atoms with E-state index in [0.717, 1.165) is 19.3 Å². The maximum atomic E-state index is 11.2. The molecular formula is C11H20N2O3. The van der Waals surface area contributed by atoms with Gasteiger partial charge in [-0.3, -0.25) is 10.1 Å². The molecule has 0 saturated heterocycles. The molecule has 92 valence electrons. The molecule has 0 amide bonds. The molecule has 1 aliphatic carbocycles. The summed E-state index contributed by atoms with van der Waals surface area (Å²) in [7, 11) is 0. The lowest BCUT2D eigenvalue weighted by Crippen LogP contribution is -2.46. The average Bonchev–Trinajstić information content (AvgIpc) is 2.27. The summed E-state index contributed by atoms with van der Waals surface area (Å²) in [5.74, 6) is 0. The van der Waals surface area contributed by atoms with E-state index in [0.29, 0.717) is 25.9 Å². The van der Waals surface area contributed by atoms with Crippen molar-refractivity contribution in [1.29, 1.82) is 0 Å². The lowest BCUT2D eigenvalue weighted by atomic mass is 9.78. The highest BCUT2D eigenvalue weighted by atomic mass is 16.6. The van der Waals surface area contributed by atoms with Crippen molar-refractivity contribution in [2.45, 2.75) is 50.1 Å². The summed E-state index contributed by atoms with van der Waals surface area (Å²) in [6, 6.07) is -0.290. The quantitative estimate of drug-likeness (QED) is 0.427. The molecule has 1 unspecified atom stereocenters. The molecule has 0 heterocycles. The van der Waals surface area contributed by atoms with Gasteiger partial charge in [-0.1, -0.05) is 13.0 Å². The Morgan fingerprint density at radius 2 is 2.12 bits per heavy atom. The molecule has 16 heavy (non-hydrogen) atoms. The Balaban J connectivity index is 2.56. The van der Waals surface area contributed by atoms with E-state index in [4.69, 9.17) is 10.5 Å². The molecule has 1 rings (SSSR count). The number of nitro groups is 1. The van der Waals surface area contributed by atoms with Gasteiger partial charge >= 0.3 is 0 Å². The van der Waals surface area contributed by atoms with Crippen LogP contribution in [0.3, 0.4) is 0 Å². The van der Waals surface area contributed by atoms with Crippen LogP contribution in [0.25, 0.3) is 0 Å². The van der Waals surface area contributed by atoms with Crippen LogP contribution in [0.1, 0.15) is 38.5 Å². The minimum Gasteiger partial charge on any atom is -0.500 e. The second-order valence-electron chi connectivity index (χ2n) is 4.51. The molecule has 0 bridgehead atoms. The number of ether oxygens (including phenoxy) is 1. The molecule has 5 heteroatoms. The van der Waals surface area contributed by atoms with Crippen molar-refractivity contribution in [3.8, 4) is 0 Å². The fourth-order valence-corrected chi connectivity index (χ4v) is 2.41. The minimum absolute atomic E-state index is 0.139. The van der Waals surface area contributed by atoms with Crippen molar-refractivity contribution in [2.75, 3.05) is 6.61 Å². The second kappa shape index (κ2) is 5.84. The van der Waals surface area contributed by atoms with Gasteiger partial charge in [0.1, 0.15) is 6.61 Å². The number of hydrogen-bond acceptors (Lipinski definition) is 4. The van der Waals surface area contributed by atoms with E-state index in [2.05, 4.69) is 6.58 Å². The molecule has 2 N–H and O–H groups in total. The maximum absolute atomic E-state index is 11.2. The topological polar surface area (TPSA) is 78.4 Å². The minimum atomic E-state index is -0.817. The van der Waals surface area contributed by atoms with Crippen LogP contribution in [0, 0.1) is 10.1 Å². The fourth-order valence-electron chi connectivity index (χ4n) is 2.41. The molecule has 0 radical (unpaired) electrons. The average molecular weight is 228 g/mol. The maximum Gasteiger partial charge on any atom is 0.223 e. The van der Waals surface area contributed by atoms with Gasteiger partial charge in [0.25, 0.3) is 0 Å². The predicted molar refractivity (Wildman–Crippen MR) is 61.6 cm³/mol. The van der Waals surface area contributed by atoms with Crippen molar-refractivity contribution in [1.82, 2.24) is 0 Å². The first-order valence-electron chi connectivity index (χ1n) is 5.73. The van der Waals surface area contributed by atoms with Gasteiger partial charge in [0.05, 0.1) is 6.26 Å². The van der Waals surface area contributed by atoms with E-state index >= 15 is 0 Å². The zero-order valence-corrected chi connectivity index (χ0v) is 9.56. The summed E-state index contributed by atoms with van der Waals surface area (Å²) in [6.45, 7) is 3.72. The molecule has 0 aromatic carbocycles. The summed E-state index contributed by atoms with van der Waals surface area (Å²) >= 11 is 0. The standard InChI is InChI=1S/C11H20N2O3/c1-2-16-9-10(12)8-11(13(14)15)6-4-3-5-7-11/h2,10H,1,3-9,12H2. The molecule has 1 saturated carbocycles. The number of rotatable bonds is 6. The van der Waals surface area contributed by atoms with Crippen LogP contribution in [0.2, 0.25) is 0 Å². The Morgan fingerprint density at radius 3 is 2.62 bits per heavy atom. The molecule has 1 aliphatic rings. The van der Waals surface area contributed by atoms with Crippen molar-refractivity contribution in [3.63, 3.8) is 0 Å². The van der Waals surface area contributed by atoms with Gasteiger partial charge in [0, 0.05) is 30.2 Å². The third-order valence-corrected chi connectivity index (χ3v) is 3.24. The van der Waals surface area contributed by atoms with E-state index in [-0.39, 0.29) is 11.0 Å². The van der Waals surface area contributed by atoms with Gasteiger partial charge in [0.2, 0.25) is 5.54 Å². The first-order valence-corrected chi connectivity index (χ1v) is 5.73. The molecule has 0 aromatic rings. The van der Waals surface area contributed by atoms with Gasteiger partial charge in [-0.2, -0.15) is 0 Å². The third-order valence-electron chi connectivity index (χ3n) is 3.24. The molecule has 0 spiro atoms. The molecule has 1 fully saturated rings. The van der Waals surface area contributed by atoms with Gasteiger partial charge < -0.3 is 10.5 Å². The molecule has 0 aromatic heterocycles. The van der Waals surface area contributed by atoms with Crippen molar-refractivity contribution >= 4 is 0 Å². The van der Waals surface area contributed by atoms with Crippen LogP contribution in [0.15, 0.2) is 12.8 Å². The third kappa shape index (κ3) is 3.20. The second-order valence-corrected chi connectivity index (χ2v) is 4.51. The Labute approximate surface area is 95.8 Å². The van der Waals surface area contributed by atoms with E-state index in [9.17, 15) is 10.1 Å². The monoisotopic (exact) mass is 228 g/mol. The van der Waals surface area contributed by atoms with Crippen LogP contribution in [0.5, 0.6) is 0 Å². The molecule has 5 nitrogen and oxygen atoms in total. The summed E-state index contributed by atoms with van der Waals surface area (Å²) < 4.78 is 4.98. The summed E-state index contributed by atoms with van der Waals surface area (Å²) in [5.41, 5.74) is 5.02. The number of nitrogens with zero attached hydrogens (tertiary/aromatic N) is 1. The molecule has 0 aliphatic heterocycles. The van der Waals surface area contributed by atoms with Gasteiger partial charge in [-0.05, 0) is 12.8 Å². The first-order chi connectivity index (χ1) is 7.60. The zero-order chi connectivity index (χ0) is 12.0.